The minimum atomic E-state index is 0.328. The van der Waals surface area contributed by atoms with Gasteiger partial charge in [-0.1, -0.05) is 13.8 Å². The molecule has 0 unspecified atom stereocenters. The first kappa shape index (κ1) is 10.9. The Labute approximate surface area is 70.0 Å². The lowest BCUT2D eigenvalue weighted by Gasteiger charge is -2.15. The summed E-state index contributed by atoms with van der Waals surface area (Å²) in [5.74, 6) is 0. The predicted molar refractivity (Wildman–Crippen MR) is 48.7 cm³/mol. The highest BCUT2D eigenvalue weighted by molar-refractivity contribution is 4.63. The first-order chi connectivity index (χ1) is 5.16. The molecule has 68 valence electrons. The number of hydrogen-bond donors (Lipinski definition) is 2. The van der Waals surface area contributed by atoms with E-state index >= 15 is 0 Å². The Balaban J connectivity index is 3.15. The second kappa shape index (κ2) is 6.62. The monoisotopic (exact) mass is 159 g/mol. The zero-order valence-electron chi connectivity index (χ0n) is 7.93. The Morgan fingerprint density at radius 2 is 1.82 bits per heavy atom. The fourth-order valence-corrected chi connectivity index (χ4v) is 1.21. The van der Waals surface area contributed by atoms with Gasteiger partial charge in [-0.25, -0.2) is 0 Å². The average molecular weight is 159 g/mol. The number of aliphatic hydroxyl groups is 1. The molecule has 0 aromatic rings. The third kappa shape index (κ3) is 7.82. The van der Waals surface area contributed by atoms with Gasteiger partial charge in [0.05, 0.1) is 0 Å². The Hall–Kier alpha value is -0.0800. The average Bonchev–Trinajstić information content (AvgIpc) is 1.86. The van der Waals surface area contributed by atoms with E-state index in [9.17, 15) is 0 Å². The van der Waals surface area contributed by atoms with Gasteiger partial charge < -0.3 is 10.4 Å². The maximum atomic E-state index is 8.54. The smallest absolute Gasteiger partial charge is 0.0431 e. The van der Waals surface area contributed by atoms with Crippen molar-refractivity contribution in [3.63, 3.8) is 0 Å². The molecule has 0 aliphatic carbocycles. The molecule has 0 radical (unpaired) electrons. The van der Waals surface area contributed by atoms with Gasteiger partial charge in [0.15, 0.2) is 0 Å². The summed E-state index contributed by atoms with van der Waals surface area (Å²) in [4.78, 5) is 0. The Morgan fingerprint density at radius 3 is 2.27 bits per heavy atom. The third-order valence-corrected chi connectivity index (χ3v) is 1.66. The highest BCUT2D eigenvalue weighted by Crippen LogP contribution is 2.00. The van der Waals surface area contributed by atoms with Crippen molar-refractivity contribution in [2.75, 3.05) is 6.61 Å². The van der Waals surface area contributed by atoms with Crippen molar-refractivity contribution in [2.45, 2.75) is 52.1 Å². The van der Waals surface area contributed by atoms with Crippen molar-refractivity contribution in [1.29, 1.82) is 0 Å². The van der Waals surface area contributed by atoms with Crippen molar-refractivity contribution >= 4 is 0 Å². The van der Waals surface area contributed by atoms with E-state index in [0.717, 1.165) is 12.8 Å². The van der Waals surface area contributed by atoms with E-state index in [4.69, 9.17) is 5.11 Å². The molecule has 2 heteroatoms. The van der Waals surface area contributed by atoms with Gasteiger partial charge >= 0.3 is 0 Å². The molecule has 0 amide bonds. The zero-order chi connectivity index (χ0) is 8.69. The fraction of sp³-hybridized carbons (Fsp3) is 1.00. The van der Waals surface area contributed by atoms with Crippen LogP contribution in [-0.4, -0.2) is 23.8 Å². The summed E-state index contributed by atoms with van der Waals surface area (Å²) in [6.07, 6.45) is 3.22. The van der Waals surface area contributed by atoms with Gasteiger partial charge in [-0.2, -0.15) is 0 Å². The number of hydrogen-bond acceptors (Lipinski definition) is 2. The molecule has 0 spiro atoms. The Kier molecular flexibility index (Phi) is 6.57. The molecule has 0 saturated heterocycles. The molecular weight excluding hydrogens is 138 g/mol. The molecular formula is C9H21NO. The molecule has 2 nitrogen and oxygen atoms in total. The Bertz CT molecular complexity index is 83.6. The SMILES string of the molecule is CC(C)N[C@H](C)CCCCO. The summed E-state index contributed by atoms with van der Waals surface area (Å²) in [5.41, 5.74) is 0. The van der Waals surface area contributed by atoms with Crippen LogP contribution in [0.25, 0.3) is 0 Å². The quantitative estimate of drug-likeness (QED) is 0.576. The lowest BCUT2D eigenvalue weighted by Crippen LogP contribution is -2.32. The number of nitrogens with one attached hydrogen (secondary N) is 1. The van der Waals surface area contributed by atoms with E-state index in [0.29, 0.717) is 18.7 Å². The highest BCUT2D eigenvalue weighted by Gasteiger charge is 2.01. The van der Waals surface area contributed by atoms with E-state index in [1.165, 1.54) is 6.42 Å². The molecule has 0 aliphatic heterocycles. The van der Waals surface area contributed by atoms with Crippen molar-refractivity contribution in [1.82, 2.24) is 5.32 Å². The number of aliphatic hydroxyl groups excluding tert-OH is 1. The molecule has 2 N–H and O–H groups in total. The second-order valence-corrected chi connectivity index (χ2v) is 3.44. The zero-order valence-corrected chi connectivity index (χ0v) is 7.93. The molecule has 0 aliphatic rings. The molecule has 0 aromatic heterocycles. The van der Waals surface area contributed by atoms with Gasteiger partial charge in [-0.05, 0) is 26.2 Å². The van der Waals surface area contributed by atoms with Crippen molar-refractivity contribution in [2.24, 2.45) is 0 Å². The van der Waals surface area contributed by atoms with Crippen LogP contribution in [0.2, 0.25) is 0 Å². The number of rotatable bonds is 6. The van der Waals surface area contributed by atoms with Gasteiger partial charge in [0.25, 0.3) is 0 Å². The fourth-order valence-electron chi connectivity index (χ4n) is 1.21. The molecule has 0 fully saturated rings. The summed E-state index contributed by atoms with van der Waals surface area (Å²) in [5, 5.41) is 12.0. The van der Waals surface area contributed by atoms with Crippen LogP contribution < -0.4 is 5.32 Å². The summed E-state index contributed by atoms with van der Waals surface area (Å²) >= 11 is 0. The second-order valence-electron chi connectivity index (χ2n) is 3.44. The van der Waals surface area contributed by atoms with Gasteiger partial charge in [-0.15, -0.1) is 0 Å². The topological polar surface area (TPSA) is 32.3 Å². The molecule has 0 heterocycles. The van der Waals surface area contributed by atoms with Gasteiger partial charge in [-0.3, -0.25) is 0 Å². The minimum Gasteiger partial charge on any atom is -0.396 e. The predicted octanol–water partition coefficient (Wildman–Crippen LogP) is 1.54. The van der Waals surface area contributed by atoms with Gasteiger partial charge in [0.2, 0.25) is 0 Å². The minimum absolute atomic E-state index is 0.328. The molecule has 11 heavy (non-hydrogen) atoms. The molecule has 0 rings (SSSR count). The van der Waals surface area contributed by atoms with Crippen LogP contribution in [0.3, 0.4) is 0 Å². The van der Waals surface area contributed by atoms with Crippen molar-refractivity contribution in [3.8, 4) is 0 Å². The van der Waals surface area contributed by atoms with Crippen molar-refractivity contribution in [3.05, 3.63) is 0 Å². The van der Waals surface area contributed by atoms with Crippen LogP contribution in [0.15, 0.2) is 0 Å². The van der Waals surface area contributed by atoms with Crippen LogP contribution in [0.1, 0.15) is 40.0 Å². The summed E-state index contributed by atoms with van der Waals surface area (Å²) in [6, 6.07) is 1.15. The lowest BCUT2D eigenvalue weighted by molar-refractivity contribution is 0.279. The van der Waals surface area contributed by atoms with Gasteiger partial charge in [0, 0.05) is 18.7 Å². The molecule has 0 saturated carbocycles. The summed E-state index contributed by atoms with van der Waals surface area (Å²) in [7, 11) is 0. The van der Waals surface area contributed by atoms with Crippen LogP contribution in [0, 0.1) is 0 Å². The maximum Gasteiger partial charge on any atom is 0.0431 e. The van der Waals surface area contributed by atoms with E-state index in [2.05, 4.69) is 26.1 Å². The van der Waals surface area contributed by atoms with E-state index in [1.807, 2.05) is 0 Å². The maximum absolute atomic E-state index is 8.54. The molecule has 0 bridgehead atoms. The lowest BCUT2D eigenvalue weighted by atomic mass is 10.1. The third-order valence-electron chi connectivity index (χ3n) is 1.66. The largest absolute Gasteiger partial charge is 0.396 e. The molecule has 1 atom stereocenters. The van der Waals surface area contributed by atoms with E-state index in [1.54, 1.807) is 0 Å². The van der Waals surface area contributed by atoms with Crippen LogP contribution in [0.4, 0.5) is 0 Å². The van der Waals surface area contributed by atoms with Crippen LogP contribution >= 0.6 is 0 Å². The van der Waals surface area contributed by atoms with E-state index in [-0.39, 0.29) is 0 Å². The Morgan fingerprint density at radius 1 is 1.18 bits per heavy atom. The van der Waals surface area contributed by atoms with Crippen LogP contribution in [-0.2, 0) is 0 Å². The first-order valence-corrected chi connectivity index (χ1v) is 4.53. The highest BCUT2D eigenvalue weighted by atomic mass is 16.2. The van der Waals surface area contributed by atoms with Crippen LogP contribution in [0.5, 0.6) is 0 Å². The number of unbranched alkanes of at least 4 members (excludes halogenated alkanes) is 1. The normalized spacial score (nSPS) is 13.9. The summed E-state index contributed by atoms with van der Waals surface area (Å²) < 4.78 is 0. The van der Waals surface area contributed by atoms with Crippen molar-refractivity contribution < 1.29 is 5.11 Å². The first-order valence-electron chi connectivity index (χ1n) is 4.53. The molecule has 0 aromatic carbocycles. The summed E-state index contributed by atoms with van der Waals surface area (Å²) in [6.45, 7) is 6.83. The van der Waals surface area contributed by atoms with Gasteiger partial charge in [0.1, 0.15) is 0 Å². The standard InChI is InChI=1S/C9H21NO/c1-8(2)10-9(3)6-4-5-7-11/h8-11H,4-7H2,1-3H3/t9-/m1/s1. The van der Waals surface area contributed by atoms with E-state index < -0.39 is 0 Å².